The Bertz CT molecular complexity index is 108. The predicted octanol–water partition coefficient (Wildman–Crippen LogP) is -1.07. The van der Waals surface area contributed by atoms with E-state index in [0.717, 1.165) is 0 Å². The molecule has 0 aliphatic heterocycles. The van der Waals surface area contributed by atoms with Crippen LogP contribution in [0.2, 0.25) is 0 Å². The zero-order valence-corrected chi connectivity index (χ0v) is 10.8. The summed E-state index contributed by atoms with van der Waals surface area (Å²) >= 11 is 2.52. The topological polar surface area (TPSA) is 80.3 Å². The van der Waals surface area contributed by atoms with Crippen molar-refractivity contribution in [2.75, 3.05) is 0 Å². The summed E-state index contributed by atoms with van der Waals surface area (Å²) in [7, 11) is -1.27. The van der Waals surface area contributed by atoms with E-state index >= 15 is 0 Å². The van der Waals surface area contributed by atoms with Gasteiger partial charge in [-0.2, -0.15) is 0 Å². The first-order chi connectivity index (χ1) is 3.00. The summed E-state index contributed by atoms with van der Waals surface area (Å²) in [5, 5.41) is 0. The number of hydrogen-bond acceptors (Lipinski definition) is 5. The monoisotopic (exact) mass is 321 g/mol. The van der Waals surface area contributed by atoms with Gasteiger partial charge in [-0.1, -0.05) is 0 Å². The van der Waals surface area contributed by atoms with Crippen molar-refractivity contribution in [3.63, 3.8) is 0 Å². The van der Waals surface area contributed by atoms with E-state index in [-0.39, 0.29) is 48.9 Å². The molecule has 0 aromatic carbocycles. The average Bonchev–Trinajstić information content (AvgIpc) is 1.36. The van der Waals surface area contributed by atoms with Crippen LogP contribution in [0.3, 0.4) is 0 Å². The molecular formula is BaMnO4S2. The van der Waals surface area contributed by atoms with Crippen LogP contribution in [0.5, 0.6) is 0 Å². The molecule has 8 heavy (non-hydrogen) atoms. The number of hydrogen-bond donors (Lipinski definition) is 0. The summed E-state index contributed by atoms with van der Waals surface area (Å²) in [4.78, 5) is 0. The van der Waals surface area contributed by atoms with Gasteiger partial charge in [0.2, 0.25) is 0 Å². The minimum atomic E-state index is -5.17. The van der Waals surface area contributed by atoms with Crippen LogP contribution in [0.25, 0.3) is 0 Å². The first-order valence-electron chi connectivity index (χ1n) is 0.821. The van der Waals surface area contributed by atoms with Gasteiger partial charge in [-0.25, -0.2) is 0 Å². The third-order valence-corrected chi connectivity index (χ3v) is 0. The van der Waals surface area contributed by atoms with E-state index < -0.39 is 10.4 Å². The summed E-state index contributed by atoms with van der Waals surface area (Å²) in [6.07, 6.45) is 0. The Hall–Kier alpha value is 2.18. The van der Waals surface area contributed by atoms with Gasteiger partial charge in [0.25, 0.3) is 0 Å². The predicted molar refractivity (Wildman–Crippen MR) is 23.8 cm³/mol. The molecule has 0 amide bonds. The Labute approximate surface area is 99.7 Å². The summed E-state index contributed by atoms with van der Waals surface area (Å²) in [6, 6.07) is 0. The van der Waals surface area contributed by atoms with Gasteiger partial charge in [0, 0.05) is 10.4 Å². The Morgan fingerprint density at radius 3 is 1.25 bits per heavy atom. The molecule has 0 saturated heterocycles. The van der Waals surface area contributed by atoms with Crippen LogP contribution in [0.15, 0.2) is 0 Å². The van der Waals surface area contributed by atoms with Gasteiger partial charge in [-0.3, -0.25) is 8.42 Å². The Kier molecular flexibility index (Phi) is 19.1. The Morgan fingerprint density at radius 1 is 1.25 bits per heavy atom. The fraction of sp³-hybridized carbons (Fsp3) is 0. The van der Waals surface area contributed by atoms with Crippen LogP contribution >= 0.6 is 10.6 Å². The van der Waals surface area contributed by atoms with E-state index in [1.807, 2.05) is 0 Å². The minimum absolute atomic E-state index is 0. The maximum atomic E-state index is 8.52. The van der Waals surface area contributed by atoms with Crippen molar-refractivity contribution < 1.29 is 31.9 Å². The Morgan fingerprint density at radius 2 is 1.25 bits per heavy atom. The molecule has 0 radical (unpaired) electrons. The van der Waals surface area contributed by atoms with Gasteiger partial charge in [-0.15, -0.1) is 0 Å². The van der Waals surface area contributed by atoms with Crippen LogP contribution in [0.4, 0.5) is 0 Å². The molecule has 0 heterocycles. The van der Waals surface area contributed by atoms with Gasteiger partial charge >= 0.3 is 73.8 Å². The zero-order chi connectivity index (χ0) is 6.50. The van der Waals surface area contributed by atoms with Gasteiger partial charge in [0.15, 0.2) is 0 Å². The van der Waals surface area contributed by atoms with Gasteiger partial charge in [0.05, 0.1) is 0 Å². The van der Waals surface area contributed by atoms with Gasteiger partial charge in [-0.05, 0) is 0 Å². The second-order valence-corrected chi connectivity index (χ2v) is 1.22. The molecule has 0 fully saturated rings. The molecular weight excluding hydrogens is 320 g/mol. The van der Waals surface area contributed by atoms with Crippen LogP contribution in [-0.4, -0.2) is 66.4 Å². The second kappa shape index (κ2) is 9.18. The first kappa shape index (κ1) is 16.6. The van der Waals surface area contributed by atoms with Gasteiger partial charge < -0.3 is 9.11 Å². The average molecular weight is 320 g/mol. The number of rotatable bonds is 0. The first-order valence-corrected chi connectivity index (χ1v) is 3.91. The summed E-state index contributed by atoms with van der Waals surface area (Å²) in [5.74, 6) is 0. The van der Waals surface area contributed by atoms with E-state index in [2.05, 4.69) is 24.9 Å². The molecule has 0 aliphatic carbocycles. The second-order valence-electron chi connectivity index (χ2n) is 0.408. The van der Waals surface area contributed by atoms with Crippen molar-refractivity contribution in [1.29, 1.82) is 0 Å². The van der Waals surface area contributed by atoms with Crippen LogP contribution in [0, 0.1) is 0 Å². The third-order valence-electron chi connectivity index (χ3n) is 0. The molecule has 0 aromatic rings. The SMILES string of the molecule is O=S(=O)([O-])[O-].[Ba+2].[S]=[Mn]. The molecule has 0 aromatic heterocycles. The van der Waals surface area contributed by atoms with E-state index in [0.29, 0.717) is 0 Å². The third kappa shape index (κ3) is 88.7. The molecule has 0 rings (SSSR count). The van der Waals surface area contributed by atoms with E-state index in [1.54, 1.807) is 0 Å². The standard InChI is InChI=1S/Ba.Mn.H2O4S.S/c;;1-5(2,3)4;/h;;(H2,1,2,3,4);/q+2;;;/p-2. The van der Waals surface area contributed by atoms with Crippen molar-refractivity contribution in [3.05, 3.63) is 0 Å². The molecule has 0 N–H and O–H groups in total. The van der Waals surface area contributed by atoms with Crippen molar-refractivity contribution in [2.45, 2.75) is 0 Å². The van der Waals surface area contributed by atoms with Crippen molar-refractivity contribution in [1.82, 2.24) is 0 Å². The van der Waals surface area contributed by atoms with Crippen LogP contribution in [0.1, 0.15) is 0 Å². The molecule has 8 heteroatoms. The van der Waals surface area contributed by atoms with Crippen molar-refractivity contribution in [2.24, 2.45) is 0 Å². The molecule has 0 saturated carbocycles. The summed E-state index contributed by atoms with van der Waals surface area (Å²) < 4.78 is 34.1. The molecule has 45 valence electrons. The molecule has 0 spiro atoms. The van der Waals surface area contributed by atoms with Gasteiger partial charge in [0.1, 0.15) is 0 Å². The normalized spacial score (nSPS) is 7.75. The zero-order valence-electron chi connectivity index (χ0n) is 3.53. The molecule has 0 aliphatic rings. The fourth-order valence-electron chi connectivity index (χ4n) is 0. The van der Waals surface area contributed by atoms with E-state index in [9.17, 15) is 0 Å². The van der Waals surface area contributed by atoms with Crippen molar-refractivity contribution >= 4 is 69.8 Å². The summed E-state index contributed by atoms with van der Waals surface area (Å²) in [5.41, 5.74) is 0. The molecule has 0 unspecified atom stereocenters. The Balaban J connectivity index is -0.0000000750. The van der Waals surface area contributed by atoms with Crippen LogP contribution < -0.4 is 0 Å². The quantitative estimate of drug-likeness (QED) is 0.322. The fourth-order valence-corrected chi connectivity index (χ4v) is 0. The van der Waals surface area contributed by atoms with E-state index in [4.69, 9.17) is 17.5 Å². The van der Waals surface area contributed by atoms with Crippen molar-refractivity contribution in [3.8, 4) is 0 Å². The molecule has 4 nitrogen and oxygen atoms in total. The summed E-state index contributed by atoms with van der Waals surface area (Å²) in [6.45, 7) is 0. The van der Waals surface area contributed by atoms with E-state index in [1.165, 1.54) is 0 Å². The maximum absolute atomic E-state index is 8.52. The van der Waals surface area contributed by atoms with Crippen LogP contribution in [-0.2, 0) is 24.8 Å². The molecule has 0 atom stereocenters. The molecule has 0 bridgehead atoms.